The standard InChI is InChI=1S/C19H35N5O6S/c1-9(2)14(21)18(28)22-11(6-7-31-5)16(26)23-12(8-13(20)25)17(27)24-15(10(3)4)19(29)30/h9-12,14-15H,6-8,21H2,1-5H3,(H2,20,25)(H,22,28)(H,23,26)(H,24,27)(H,29,30). The Morgan fingerprint density at radius 2 is 1.39 bits per heavy atom. The second-order valence-electron chi connectivity index (χ2n) is 7.91. The van der Waals surface area contributed by atoms with Gasteiger partial charge in [-0.05, 0) is 30.3 Å². The van der Waals surface area contributed by atoms with Crippen molar-refractivity contribution in [3.05, 3.63) is 0 Å². The molecule has 0 saturated carbocycles. The SMILES string of the molecule is CSCCC(NC(=O)C(N)C(C)C)C(=O)NC(CC(N)=O)C(=O)NC(C(=O)O)C(C)C. The molecule has 0 saturated heterocycles. The van der Waals surface area contributed by atoms with Crippen LogP contribution in [0.3, 0.4) is 0 Å². The van der Waals surface area contributed by atoms with E-state index in [4.69, 9.17) is 11.5 Å². The van der Waals surface area contributed by atoms with Crippen molar-refractivity contribution in [3.63, 3.8) is 0 Å². The maximum absolute atomic E-state index is 12.8. The maximum Gasteiger partial charge on any atom is 0.326 e. The lowest BCUT2D eigenvalue weighted by Gasteiger charge is -2.26. The fourth-order valence-electron chi connectivity index (χ4n) is 2.53. The number of hydrogen-bond donors (Lipinski definition) is 6. The Morgan fingerprint density at radius 3 is 1.81 bits per heavy atom. The number of primary amides is 1. The largest absolute Gasteiger partial charge is 0.480 e. The Hall–Kier alpha value is -2.34. The normalized spacial score (nSPS) is 15.0. The summed E-state index contributed by atoms with van der Waals surface area (Å²) >= 11 is 1.46. The predicted molar refractivity (Wildman–Crippen MR) is 118 cm³/mol. The maximum atomic E-state index is 12.8. The van der Waals surface area contributed by atoms with Gasteiger partial charge in [0.15, 0.2) is 0 Å². The number of aliphatic carboxylic acids is 1. The molecule has 0 aromatic carbocycles. The molecule has 0 fully saturated rings. The van der Waals surface area contributed by atoms with Gasteiger partial charge < -0.3 is 32.5 Å². The van der Waals surface area contributed by atoms with Gasteiger partial charge in [-0.2, -0.15) is 11.8 Å². The minimum atomic E-state index is -1.39. The Morgan fingerprint density at radius 1 is 0.871 bits per heavy atom. The Labute approximate surface area is 186 Å². The fraction of sp³-hybridized carbons (Fsp3) is 0.737. The number of thioether (sulfide) groups is 1. The van der Waals surface area contributed by atoms with Crippen LogP contribution in [-0.4, -0.2) is 70.9 Å². The van der Waals surface area contributed by atoms with Crippen molar-refractivity contribution in [2.45, 2.75) is 64.7 Å². The van der Waals surface area contributed by atoms with Crippen LogP contribution < -0.4 is 27.4 Å². The summed E-state index contributed by atoms with van der Waals surface area (Å²) in [5.41, 5.74) is 11.0. The number of carboxylic acids is 1. The molecular weight excluding hydrogens is 426 g/mol. The lowest BCUT2D eigenvalue weighted by molar-refractivity contribution is -0.143. The molecule has 0 aliphatic rings. The molecule has 0 aliphatic carbocycles. The molecule has 0 aliphatic heterocycles. The van der Waals surface area contributed by atoms with Gasteiger partial charge in [-0.1, -0.05) is 27.7 Å². The molecular formula is C19H35N5O6S. The highest BCUT2D eigenvalue weighted by Gasteiger charge is 2.32. The molecule has 0 spiro atoms. The topological polar surface area (TPSA) is 194 Å². The monoisotopic (exact) mass is 461 g/mol. The van der Waals surface area contributed by atoms with Crippen LogP contribution in [0.15, 0.2) is 0 Å². The Bertz CT molecular complexity index is 658. The number of hydrogen-bond acceptors (Lipinski definition) is 7. The Kier molecular flexibility index (Phi) is 12.8. The number of nitrogens with two attached hydrogens (primary N) is 2. The van der Waals surface area contributed by atoms with Crippen molar-refractivity contribution < 1.29 is 29.1 Å². The molecule has 0 radical (unpaired) electrons. The molecule has 11 nitrogen and oxygen atoms in total. The molecule has 0 bridgehead atoms. The summed E-state index contributed by atoms with van der Waals surface area (Å²) in [4.78, 5) is 60.5. The first-order valence-electron chi connectivity index (χ1n) is 9.98. The second kappa shape index (κ2) is 13.9. The van der Waals surface area contributed by atoms with Crippen molar-refractivity contribution in [1.29, 1.82) is 0 Å². The molecule has 0 aromatic heterocycles. The van der Waals surface area contributed by atoms with Gasteiger partial charge in [-0.3, -0.25) is 19.2 Å². The number of amides is 4. The number of carbonyl (C=O) groups is 5. The fourth-order valence-corrected chi connectivity index (χ4v) is 3.00. The third kappa shape index (κ3) is 10.5. The molecule has 0 heterocycles. The molecule has 12 heteroatoms. The average Bonchev–Trinajstić information content (AvgIpc) is 2.66. The van der Waals surface area contributed by atoms with Gasteiger partial charge >= 0.3 is 5.97 Å². The van der Waals surface area contributed by atoms with Gasteiger partial charge in [0.1, 0.15) is 18.1 Å². The number of rotatable bonds is 14. The van der Waals surface area contributed by atoms with Crippen LogP contribution >= 0.6 is 11.8 Å². The van der Waals surface area contributed by atoms with E-state index in [0.29, 0.717) is 5.75 Å². The number of carbonyl (C=O) groups excluding carboxylic acids is 4. The van der Waals surface area contributed by atoms with Crippen molar-refractivity contribution >= 4 is 41.4 Å². The van der Waals surface area contributed by atoms with E-state index in [1.54, 1.807) is 27.7 Å². The quantitative estimate of drug-likeness (QED) is 0.185. The summed E-state index contributed by atoms with van der Waals surface area (Å²) in [5.74, 6) is -4.23. The van der Waals surface area contributed by atoms with E-state index in [2.05, 4.69) is 16.0 Å². The summed E-state index contributed by atoms with van der Waals surface area (Å²) in [6.45, 7) is 6.74. The van der Waals surface area contributed by atoms with Gasteiger partial charge in [-0.25, -0.2) is 4.79 Å². The molecule has 4 amide bonds. The highest BCUT2D eigenvalue weighted by Crippen LogP contribution is 2.07. The van der Waals surface area contributed by atoms with Crippen LogP contribution in [0, 0.1) is 11.8 Å². The van der Waals surface area contributed by atoms with Crippen molar-refractivity contribution in [2.24, 2.45) is 23.3 Å². The summed E-state index contributed by atoms with van der Waals surface area (Å²) in [7, 11) is 0. The van der Waals surface area contributed by atoms with Crippen LogP contribution in [0.25, 0.3) is 0 Å². The zero-order valence-electron chi connectivity index (χ0n) is 18.6. The summed E-state index contributed by atoms with van der Waals surface area (Å²) in [6, 6.07) is -4.42. The minimum absolute atomic E-state index is 0.151. The average molecular weight is 462 g/mol. The minimum Gasteiger partial charge on any atom is -0.480 e. The van der Waals surface area contributed by atoms with Crippen molar-refractivity contribution in [1.82, 2.24) is 16.0 Å². The summed E-state index contributed by atoms with van der Waals surface area (Å²) in [6.07, 6.45) is 1.56. The molecule has 4 unspecified atom stereocenters. The zero-order chi connectivity index (χ0) is 24.3. The lowest BCUT2D eigenvalue weighted by Crippen LogP contribution is -2.58. The first kappa shape index (κ1) is 28.7. The molecule has 8 N–H and O–H groups in total. The molecule has 4 atom stereocenters. The third-order valence-corrected chi connectivity index (χ3v) is 5.18. The van der Waals surface area contributed by atoms with Gasteiger partial charge in [0.25, 0.3) is 0 Å². The molecule has 0 aromatic rings. The van der Waals surface area contributed by atoms with Crippen LogP contribution in [-0.2, 0) is 24.0 Å². The van der Waals surface area contributed by atoms with E-state index >= 15 is 0 Å². The van der Waals surface area contributed by atoms with Crippen molar-refractivity contribution in [2.75, 3.05) is 12.0 Å². The van der Waals surface area contributed by atoms with Crippen LogP contribution in [0.2, 0.25) is 0 Å². The number of carboxylic acid groups (broad SMARTS) is 1. The molecule has 31 heavy (non-hydrogen) atoms. The molecule has 0 rings (SSSR count). The first-order valence-corrected chi connectivity index (χ1v) is 11.4. The van der Waals surface area contributed by atoms with Gasteiger partial charge in [0.2, 0.25) is 23.6 Å². The van der Waals surface area contributed by atoms with Crippen LogP contribution in [0.4, 0.5) is 0 Å². The van der Waals surface area contributed by atoms with E-state index in [1.165, 1.54) is 11.8 Å². The number of nitrogens with one attached hydrogen (secondary N) is 3. The van der Waals surface area contributed by atoms with E-state index in [1.807, 2.05) is 6.26 Å². The van der Waals surface area contributed by atoms with Crippen LogP contribution in [0.5, 0.6) is 0 Å². The summed E-state index contributed by atoms with van der Waals surface area (Å²) in [5, 5.41) is 16.6. The summed E-state index contributed by atoms with van der Waals surface area (Å²) < 4.78 is 0. The highest BCUT2D eigenvalue weighted by molar-refractivity contribution is 7.98. The van der Waals surface area contributed by atoms with Crippen LogP contribution in [0.1, 0.15) is 40.5 Å². The predicted octanol–water partition coefficient (Wildman–Crippen LogP) is -1.21. The first-order chi connectivity index (χ1) is 14.3. The van der Waals surface area contributed by atoms with E-state index in [0.717, 1.165) is 0 Å². The highest BCUT2D eigenvalue weighted by atomic mass is 32.2. The van der Waals surface area contributed by atoms with Gasteiger partial charge in [-0.15, -0.1) is 0 Å². The zero-order valence-corrected chi connectivity index (χ0v) is 19.5. The lowest BCUT2D eigenvalue weighted by atomic mass is 10.0. The van der Waals surface area contributed by atoms with Crippen molar-refractivity contribution in [3.8, 4) is 0 Å². The molecule has 178 valence electrons. The van der Waals surface area contributed by atoms with E-state index in [-0.39, 0.29) is 12.3 Å². The van der Waals surface area contributed by atoms with Gasteiger partial charge in [0.05, 0.1) is 12.5 Å². The second-order valence-corrected chi connectivity index (χ2v) is 8.90. The van der Waals surface area contributed by atoms with E-state index in [9.17, 15) is 29.1 Å². The van der Waals surface area contributed by atoms with Gasteiger partial charge in [0, 0.05) is 0 Å². The smallest absolute Gasteiger partial charge is 0.326 e. The van der Waals surface area contributed by atoms with E-state index < -0.39 is 66.1 Å². The Balaban J connectivity index is 5.48. The third-order valence-electron chi connectivity index (χ3n) is 4.53.